The van der Waals surface area contributed by atoms with Gasteiger partial charge in [-0.05, 0) is 107 Å². The predicted octanol–water partition coefficient (Wildman–Crippen LogP) is -3.07. The predicted molar refractivity (Wildman–Crippen MR) is 281 cm³/mol. The Morgan fingerprint density at radius 2 is 1.19 bits per heavy atom. The summed E-state index contributed by atoms with van der Waals surface area (Å²) in [6.45, 7) is 12.2. The lowest BCUT2D eigenvalue weighted by Crippen LogP contribution is -2.67. The Morgan fingerprint density at radius 3 is 1.76 bits per heavy atom. The lowest BCUT2D eigenvalue weighted by molar-refractivity contribution is -0.398. The van der Waals surface area contributed by atoms with Crippen LogP contribution in [0.5, 0.6) is 0 Å². The number of Topliss-reactive ketones (excluding diaryl/α,β-unsaturated/α-hetero) is 1. The van der Waals surface area contributed by atoms with Crippen molar-refractivity contribution in [2.45, 2.75) is 272 Å². The minimum Gasteiger partial charge on any atom is -0.394 e. The van der Waals surface area contributed by atoms with Crippen LogP contribution in [0, 0.1) is 40.4 Å². The molecule has 14 N–H and O–H groups in total. The molecule has 0 radical (unpaired) electrons. The third-order valence-electron chi connectivity index (χ3n) is 20.3. The van der Waals surface area contributed by atoms with Crippen LogP contribution in [0.4, 0.5) is 0 Å². The van der Waals surface area contributed by atoms with E-state index in [1.807, 2.05) is 0 Å². The lowest BCUT2D eigenvalue weighted by Gasteiger charge is -2.60. The van der Waals surface area contributed by atoms with Gasteiger partial charge in [-0.25, -0.2) is 4.18 Å². The molecule has 0 aromatic heterocycles. The van der Waals surface area contributed by atoms with Crippen molar-refractivity contribution in [3.8, 4) is 0 Å². The molecule has 84 heavy (non-hydrogen) atoms. The maximum absolute atomic E-state index is 13.1. The van der Waals surface area contributed by atoms with E-state index in [1.165, 1.54) is 20.8 Å². The van der Waals surface area contributed by atoms with Crippen molar-refractivity contribution in [2.24, 2.45) is 40.4 Å². The summed E-state index contributed by atoms with van der Waals surface area (Å²) >= 11 is 0. The number of allylic oxidation sites excluding steroid dienone is 2. The summed E-state index contributed by atoms with van der Waals surface area (Å²) in [4.78, 5) is 13.1. The third kappa shape index (κ3) is 12.9. The van der Waals surface area contributed by atoms with Crippen molar-refractivity contribution >= 4 is 16.2 Å². The first-order valence-corrected chi connectivity index (χ1v) is 30.8. The van der Waals surface area contributed by atoms with Gasteiger partial charge in [-0.1, -0.05) is 39.3 Å². The normalized spacial score (nSPS) is 51.7. The van der Waals surface area contributed by atoms with Crippen molar-refractivity contribution in [3.05, 3.63) is 11.6 Å². The van der Waals surface area contributed by atoms with Crippen molar-refractivity contribution < 1.29 is 136 Å². The van der Waals surface area contributed by atoms with E-state index in [4.69, 9.17) is 51.6 Å². The number of carbonyl (C=O) groups excluding carboxylic acids is 1. The molecule has 33 unspecified atom stereocenters. The van der Waals surface area contributed by atoms with Gasteiger partial charge in [-0.2, -0.15) is 8.42 Å². The minimum absolute atomic E-state index is 0.00444. The zero-order chi connectivity index (χ0) is 61.6. The van der Waals surface area contributed by atoms with Crippen molar-refractivity contribution in [3.63, 3.8) is 0 Å². The van der Waals surface area contributed by atoms with Crippen molar-refractivity contribution in [2.75, 3.05) is 13.2 Å². The van der Waals surface area contributed by atoms with Crippen LogP contribution < -0.4 is 0 Å². The highest BCUT2D eigenvalue weighted by Gasteiger charge is 2.64. The van der Waals surface area contributed by atoms with Gasteiger partial charge in [0.25, 0.3) is 0 Å². The number of fused-ring (bicyclic) bond motifs is 5. The van der Waals surface area contributed by atoms with Crippen LogP contribution in [0.2, 0.25) is 0 Å². The minimum atomic E-state index is -4.88. The molecule has 28 nitrogen and oxygen atoms in total. The van der Waals surface area contributed by atoms with E-state index in [0.717, 1.165) is 5.57 Å². The Hall–Kier alpha value is -1.64. The number of ketones is 1. The van der Waals surface area contributed by atoms with E-state index in [2.05, 4.69) is 19.9 Å². The first kappa shape index (κ1) is 66.8. The summed E-state index contributed by atoms with van der Waals surface area (Å²) in [5, 5.41) is 145. The lowest BCUT2D eigenvalue weighted by atomic mass is 9.47. The fourth-order valence-corrected chi connectivity index (χ4v) is 15.9. The van der Waals surface area contributed by atoms with Crippen LogP contribution >= 0.6 is 0 Å². The Bertz CT molecular complexity index is 2400. The quantitative estimate of drug-likeness (QED) is 0.0508. The van der Waals surface area contributed by atoms with Crippen LogP contribution in [0.1, 0.15) is 107 Å². The maximum atomic E-state index is 13.1. The molecule has 29 heteroatoms. The summed E-state index contributed by atoms with van der Waals surface area (Å²) in [6, 6.07) is 0. The molecule has 3 saturated carbocycles. The standard InChI is InChI=1S/C55H90O28S/c1-20(2)29(57)17-55(8,69)33-10-9-26-25-16-30(28-15-24(83-84(70,71)72)11-13-53(28,6)27(25)12-14-54(26,33)7)77-50-44(68)45(36(60)23(5)76-50)80-51-46(81-48-42(66)39(63)34(58)21(3)74-48)38(62)32(19-73-51)79-52-47(41(65)37(61)31(18-56)78-52)82-49-43(67)40(64)35(59)22(4)75-49/h12,20-26,28,30-52,56,58-69H,9-11,13-19H2,1-8H3,(H,70,71,72). The zero-order valence-corrected chi connectivity index (χ0v) is 49.2. The van der Waals surface area contributed by atoms with Crippen LogP contribution in [-0.2, 0) is 66.7 Å². The number of hydrogen-bond acceptors (Lipinski definition) is 27. The van der Waals surface area contributed by atoms with Crippen LogP contribution in [0.15, 0.2) is 11.6 Å². The maximum Gasteiger partial charge on any atom is 0.397 e. The topological polar surface area (TPSA) is 436 Å². The number of aliphatic hydroxyl groups excluding tert-OH is 12. The highest BCUT2D eigenvalue weighted by atomic mass is 32.3. The van der Waals surface area contributed by atoms with Gasteiger partial charge in [0, 0.05) is 12.3 Å². The van der Waals surface area contributed by atoms with E-state index in [-0.39, 0.29) is 48.7 Å². The summed E-state index contributed by atoms with van der Waals surface area (Å²) in [7, 11) is -4.88. The average Bonchev–Trinajstić information content (AvgIpc) is 1.69. The van der Waals surface area contributed by atoms with Gasteiger partial charge in [0.15, 0.2) is 31.5 Å². The number of carbonyl (C=O) groups is 1. The molecule has 8 fully saturated rings. The highest BCUT2D eigenvalue weighted by Crippen LogP contribution is 2.67. The van der Waals surface area contributed by atoms with Crippen LogP contribution in [0.25, 0.3) is 0 Å². The zero-order valence-electron chi connectivity index (χ0n) is 48.4. The van der Waals surface area contributed by atoms with E-state index in [9.17, 15) is 84.1 Å². The number of hydrogen-bond donors (Lipinski definition) is 14. The first-order valence-electron chi connectivity index (χ1n) is 29.4. The molecular weight excluding hydrogens is 1140 g/mol. The van der Waals surface area contributed by atoms with Gasteiger partial charge in [0.05, 0.1) is 49.3 Å². The molecule has 5 aliphatic heterocycles. The molecule has 0 amide bonds. The number of aliphatic hydroxyl groups is 13. The Morgan fingerprint density at radius 1 is 0.643 bits per heavy atom. The highest BCUT2D eigenvalue weighted by molar-refractivity contribution is 7.80. The second-order valence-electron chi connectivity index (χ2n) is 26.2. The Kier molecular flexibility index (Phi) is 20.3. The molecular formula is C55H90O28S. The van der Waals surface area contributed by atoms with Gasteiger partial charge in [-0.3, -0.25) is 9.35 Å². The van der Waals surface area contributed by atoms with E-state index in [0.29, 0.717) is 32.1 Å². The first-order chi connectivity index (χ1) is 39.2. The molecule has 0 aromatic carbocycles. The van der Waals surface area contributed by atoms with E-state index >= 15 is 0 Å². The molecule has 4 aliphatic carbocycles. The molecule has 0 spiro atoms. The average molecular weight is 1230 g/mol. The number of rotatable bonds is 17. The molecule has 0 bridgehead atoms. The third-order valence-corrected chi connectivity index (χ3v) is 20.8. The van der Waals surface area contributed by atoms with Gasteiger partial charge < -0.3 is 114 Å². The summed E-state index contributed by atoms with van der Waals surface area (Å²) < 4.78 is 100. The van der Waals surface area contributed by atoms with Gasteiger partial charge in [0.1, 0.15) is 103 Å². The molecule has 9 rings (SSSR count). The monoisotopic (exact) mass is 1230 g/mol. The van der Waals surface area contributed by atoms with E-state index in [1.54, 1.807) is 20.8 Å². The molecule has 33 atom stereocenters. The molecule has 5 saturated heterocycles. The summed E-state index contributed by atoms with van der Waals surface area (Å²) in [6.07, 6.45) is -37.5. The molecule has 484 valence electrons. The fraction of sp³-hybridized carbons (Fsp3) is 0.945. The second-order valence-corrected chi connectivity index (χ2v) is 27.2. The van der Waals surface area contributed by atoms with Crippen LogP contribution in [-0.4, -0.2) is 264 Å². The largest absolute Gasteiger partial charge is 0.397 e. The summed E-state index contributed by atoms with van der Waals surface area (Å²) in [5.74, 6) is -1.22. The van der Waals surface area contributed by atoms with E-state index < -0.39 is 206 Å². The Balaban J connectivity index is 0.985. The molecule has 5 heterocycles. The second kappa shape index (κ2) is 25.6. The smallest absolute Gasteiger partial charge is 0.394 e. The molecule has 0 aromatic rings. The van der Waals surface area contributed by atoms with Gasteiger partial charge in [0.2, 0.25) is 0 Å². The van der Waals surface area contributed by atoms with Crippen molar-refractivity contribution in [1.29, 1.82) is 0 Å². The fourth-order valence-electron chi connectivity index (χ4n) is 15.4. The van der Waals surface area contributed by atoms with Crippen LogP contribution in [0.3, 0.4) is 0 Å². The summed E-state index contributed by atoms with van der Waals surface area (Å²) in [5.41, 5.74) is -1.27. The van der Waals surface area contributed by atoms with Crippen molar-refractivity contribution in [1.82, 2.24) is 0 Å². The van der Waals surface area contributed by atoms with Gasteiger partial charge in [-0.15, -0.1) is 0 Å². The SMILES string of the molecule is CC(C)C(=O)CC(C)(O)C1CCC2C3CC(OC4OC(C)C(O)C(OC5OCC(OC6OC(CO)C(O)C(O)C6OC6OC(C)C(O)C(O)C6O)C(O)C5OC5OC(C)C(O)C(O)C5O)C4O)C4CC(OS(=O)(=O)O)CCC4(C)C3=CCC21C. The Labute approximate surface area is 487 Å². The molecule has 9 aliphatic rings. The van der Waals surface area contributed by atoms with Gasteiger partial charge >= 0.3 is 10.4 Å². The number of ether oxygens (including phenoxy) is 10.